The van der Waals surface area contributed by atoms with Gasteiger partial charge in [0.1, 0.15) is 17.2 Å². The Hall–Kier alpha value is -2.72. The molecule has 1 unspecified atom stereocenters. The monoisotopic (exact) mass is 509 g/mol. The van der Waals surface area contributed by atoms with Gasteiger partial charge in [0, 0.05) is 41.8 Å². The quantitative estimate of drug-likeness (QED) is 0.243. The first-order valence-corrected chi connectivity index (χ1v) is 16.4. The molecule has 5 rings (SSSR count). The van der Waals surface area contributed by atoms with Crippen LogP contribution in [0.25, 0.3) is 20.5 Å². The van der Waals surface area contributed by atoms with Crippen molar-refractivity contribution in [3.05, 3.63) is 69.9 Å². The number of rotatable bonds is 8. The molecule has 1 N–H and O–H groups in total. The van der Waals surface area contributed by atoms with Gasteiger partial charge in [-0.3, -0.25) is 4.79 Å². The molecule has 1 aromatic carbocycles. The van der Waals surface area contributed by atoms with Crippen LogP contribution in [0.3, 0.4) is 0 Å². The number of aromatic nitrogens is 3. The highest BCUT2D eigenvalue weighted by molar-refractivity contribution is 7.22. The maximum absolute atomic E-state index is 13.1. The van der Waals surface area contributed by atoms with Crippen molar-refractivity contribution < 1.29 is 14.2 Å². The summed E-state index contributed by atoms with van der Waals surface area (Å²) in [4.78, 5) is 17.2. The second kappa shape index (κ2) is 9.73. The van der Waals surface area contributed by atoms with Gasteiger partial charge in [-0.25, -0.2) is 4.68 Å². The molecular formula is C26H31N3O4SSi. The molecule has 1 atom stereocenters. The summed E-state index contributed by atoms with van der Waals surface area (Å²) in [6.07, 6.45) is 1.50. The van der Waals surface area contributed by atoms with Crippen molar-refractivity contribution in [2.75, 3.05) is 13.2 Å². The molecule has 3 aromatic heterocycles. The predicted molar refractivity (Wildman–Crippen MR) is 142 cm³/mol. The molecule has 35 heavy (non-hydrogen) atoms. The van der Waals surface area contributed by atoms with Crippen molar-refractivity contribution in [2.45, 2.75) is 52.1 Å². The zero-order valence-corrected chi connectivity index (χ0v) is 22.4. The summed E-state index contributed by atoms with van der Waals surface area (Å²) in [6, 6.07) is 12.8. The SMILES string of the molecule is Cc1c(-c2cc3c4c([nH]c(=O)c3s2)C(Oc2ccccc2)COC4)cnn1COCC[Si](C)(C)C. The van der Waals surface area contributed by atoms with Crippen LogP contribution in [0.4, 0.5) is 0 Å². The van der Waals surface area contributed by atoms with Crippen LogP contribution in [0.1, 0.15) is 23.1 Å². The lowest BCUT2D eigenvalue weighted by molar-refractivity contribution is 0.0205. The van der Waals surface area contributed by atoms with Crippen LogP contribution >= 0.6 is 11.3 Å². The van der Waals surface area contributed by atoms with Gasteiger partial charge in [-0.1, -0.05) is 37.8 Å². The Kier molecular flexibility index (Phi) is 6.67. The fourth-order valence-corrected chi connectivity index (χ4v) is 6.10. The number of H-pyrrole nitrogens is 1. The summed E-state index contributed by atoms with van der Waals surface area (Å²) >= 11 is 1.49. The molecule has 0 saturated heterocycles. The summed E-state index contributed by atoms with van der Waals surface area (Å²) in [7, 11) is -1.13. The average Bonchev–Trinajstić information content (AvgIpc) is 3.42. The highest BCUT2D eigenvalue weighted by Crippen LogP contribution is 2.38. The van der Waals surface area contributed by atoms with Gasteiger partial charge < -0.3 is 19.2 Å². The summed E-state index contributed by atoms with van der Waals surface area (Å²) in [5, 5.41) is 5.46. The number of nitrogens with zero attached hydrogens (tertiary/aromatic N) is 2. The van der Waals surface area contributed by atoms with E-state index in [9.17, 15) is 4.79 Å². The predicted octanol–water partition coefficient (Wildman–Crippen LogP) is 5.72. The lowest BCUT2D eigenvalue weighted by Crippen LogP contribution is -2.26. The molecule has 4 heterocycles. The first-order chi connectivity index (χ1) is 16.8. The van der Waals surface area contributed by atoms with Crippen molar-refractivity contribution in [3.63, 3.8) is 0 Å². The highest BCUT2D eigenvalue weighted by atomic mass is 32.1. The zero-order valence-electron chi connectivity index (χ0n) is 20.6. The second-order valence-corrected chi connectivity index (χ2v) is 16.8. The van der Waals surface area contributed by atoms with Crippen molar-refractivity contribution in [1.82, 2.24) is 14.8 Å². The normalized spacial score (nSPS) is 15.9. The standard InChI is InChI=1S/C26H31N3O4SSi/c1-17-20(13-27-29(17)16-31-10-11-35(2,3)4)23-12-19-21-14-32-15-22(33-18-8-6-5-7-9-18)24(21)28-26(30)25(19)34-23/h5-9,12-13,22H,10-11,14-16H2,1-4H3,(H,28,30). The Morgan fingerprint density at radius 3 is 2.83 bits per heavy atom. The molecule has 184 valence electrons. The number of hydrogen-bond donors (Lipinski definition) is 1. The number of nitrogens with one attached hydrogen (secondary N) is 1. The van der Waals surface area contributed by atoms with Gasteiger partial charge in [-0.2, -0.15) is 5.10 Å². The summed E-state index contributed by atoms with van der Waals surface area (Å²) < 4.78 is 20.5. The van der Waals surface area contributed by atoms with E-state index in [1.54, 1.807) is 0 Å². The molecule has 0 radical (unpaired) electrons. The van der Waals surface area contributed by atoms with Crippen molar-refractivity contribution >= 4 is 29.5 Å². The molecule has 0 fully saturated rings. The Bertz CT molecular complexity index is 1390. The fourth-order valence-electron chi connectivity index (χ4n) is 4.20. The number of pyridine rings is 1. The molecule has 0 spiro atoms. The van der Waals surface area contributed by atoms with Crippen LogP contribution in [0.15, 0.2) is 47.4 Å². The van der Waals surface area contributed by atoms with Crippen molar-refractivity contribution in [3.8, 4) is 16.2 Å². The van der Waals surface area contributed by atoms with Gasteiger partial charge in [-0.05, 0) is 31.2 Å². The summed E-state index contributed by atoms with van der Waals surface area (Å²) in [6.45, 7) is 11.1. The third-order valence-corrected chi connectivity index (χ3v) is 9.15. The molecule has 7 nitrogen and oxygen atoms in total. The zero-order chi connectivity index (χ0) is 24.6. The van der Waals surface area contributed by atoms with Gasteiger partial charge in [0.25, 0.3) is 5.56 Å². The van der Waals surface area contributed by atoms with Gasteiger partial charge >= 0.3 is 0 Å². The van der Waals surface area contributed by atoms with E-state index in [-0.39, 0.29) is 11.7 Å². The van der Waals surface area contributed by atoms with Crippen LogP contribution in [-0.2, 0) is 22.8 Å². The van der Waals surface area contributed by atoms with Gasteiger partial charge in [0.2, 0.25) is 0 Å². The lowest BCUT2D eigenvalue weighted by atomic mass is 10.0. The number of para-hydroxylation sites is 1. The van der Waals surface area contributed by atoms with Crippen LogP contribution < -0.4 is 10.3 Å². The molecule has 0 amide bonds. The van der Waals surface area contributed by atoms with E-state index in [0.717, 1.165) is 51.2 Å². The average molecular weight is 510 g/mol. The number of ether oxygens (including phenoxy) is 3. The minimum atomic E-state index is -1.13. The van der Waals surface area contributed by atoms with E-state index in [1.165, 1.54) is 11.3 Å². The number of aromatic amines is 1. The first kappa shape index (κ1) is 24.0. The van der Waals surface area contributed by atoms with Gasteiger partial charge in [0.15, 0.2) is 6.10 Å². The van der Waals surface area contributed by atoms with Crippen LogP contribution in [0, 0.1) is 6.92 Å². The lowest BCUT2D eigenvalue weighted by Gasteiger charge is -2.26. The highest BCUT2D eigenvalue weighted by Gasteiger charge is 2.27. The van der Waals surface area contributed by atoms with Crippen LogP contribution in [-0.4, -0.2) is 36.1 Å². The topological polar surface area (TPSA) is 78.4 Å². The largest absolute Gasteiger partial charge is 0.482 e. The van der Waals surface area contributed by atoms with Gasteiger partial charge in [0.05, 0.1) is 25.1 Å². The maximum atomic E-state index is 13.1. The van der Waals surface area contributed by atoms with Gasteiger partial charge in [-0.15, -0.1) is 11.3 Å². The first-order valence-electron chi connectivity index (χ1n) is 11.9. The molecule has 4 aromatic rings. The van der Waals surface area contributed by atoms with Crippen LogP contribution in [0.5, 0.6) is 5.75 Å². The molecule has 1 aliphatic rings. The number of benzene rings is 1. The third kappa shape index (κ3) is 5.13. The van der Waals surface area contributed by atoms with E-state index in [4.69, 9.17) is 14.2 Å². The van der Waals surface area contributed by atoms with E-state index in [1.807, 2.05) is 48.1 Å². The Morgan fingerprint density at radius 2 is 2.06 bits per heavy atom. The summed E-state index contributed by atoms with van der Waals surface area (Å²) in [5.74, 6) is 0.746. The van der Waals surface area contributed by atoms with Crippen molar-refractivity contribution in [1.29, 1.82) is 0 Å². The minimum absolute atomic E-state index is 0.0988. The summed E-state index contributed by atoms with van der Waals surface area (Å²) in [5.41, 5.74) is 3.72. The molecule has 0 saturated carbocycles. The molecule has 0 aliphatic carbocycles. The smallest absolute Gasteiger partial charge is 0.266 e. The molecule has 0 bridgehead atoms. The number of thiophene rings is 1. The van der Waals surface area contributed by atoms with E-state index in [0.29, 0.717) is 24.6 Å². The van der Waals surface area contributed by atoms with E-state index in [2.05, 4.69) is 35.8 Å². The fraction of sp³-hybridized carbons (Fsp3) is 0.385. The third-order valence-electron chi connectivity index (χ3n) is 6.27. The minimum Gasteiger partial charge on any atom is -0.482 e. The van der Waals surface area contributed by atoms with E-state index >= 15 is 0 Å². The Labute approximate surface area is 209 Å². The van der Waals surface area contributed by atoms with Crippen LogP contribution in [0.2, 0.25) is 25.7 Å². The number of hydrogen-bond acceptors (Lipinski definition) is 6. The number of fused-ring (bicyclic) bond motifs is 3. The van der Waals surface area contributed by atoms with Crippen molar-refractivity contribution in [2.24, 2.45) is 0 Å². The Balaban J connectivity index is 1.42. The molecule has 1 aliphatic heterocycles. The second-order valence-electron chi connectivity index (χ2n) is 10.1. The molecular weight excluding hydrogens is 478 g/mol. The Morgan fingerprint density at radius 1 is 1.26 bits per heavy atom. The maximum Gasteiger partial charge on any atom is 0.266 e. The van der Waals surface area contributed by atoms with E-state index < -0.39 is 8.07 Å². The molecule has 9 heteroatoms.